The first kappa shape index (κ1) is 13.4. The summed E-state index contributed by atoms with van der Waals surface area (Å²) < 4.78 is 4.92. The quantitative estimate of drug-likeness (QED) is 0.771. The molecule has 1 N–H and O–H groups in total. The minimum Gasteiger partial charge on any atom is -0.478 e. The van der Waals surface area contributed by atoms with Crippen LogP contribution < -0.4 is 0 Å². The highest BCUT2D eigenvalue weighted by atomic mass is 16.5. The van der Waals surface area contributed by atoms with Gasteiger partial charge in [-0.05, 0) is 18.1 Å². The van der Waals surface area contributed by atoms with E-state index in [9.17, 15) is 9.59 Å². The molecule has 0 aliphatic rings. The molecule has 1 rings (SSSR count). The molecule has 0 unspecified atom stereocenters. The number of aromatic carboxylic acids is 1. The van der Waals surface area contributed by atoms with Crippen molar-refractivity contribution >= 4 is 11.8 Å². The maximum Gasteiger partial charge on any atom is 0.336 e. The molecule has 0 heterocycles. The molecule has 0 spiro atoms. The predicted octanol–water partition coefficient (Wildman–Crippen LogP) is 2.51. The number of hydrogen-bond acceptors (Lipinski definition) is 3. The van der Waals surface area contributed by atoms with Gasteiger partial charge in [0.05, 0.1) is 12.2 Å². The molecule has 0 amide bonds. The molecule has 0 saturated carbocycles. The maximum absolute atomic E-state index is 11.7. The molecule has 4 nitrogen and oxygen atoms in total. The number of rotatable bonds is 6. The minimum atomic E-state index is -1.04. The van der Waals surface area contributed by atoms with Crippen LogP contribution in [0.2, 0.25) is 0 Å². The van der Waals surface area contributed by atoms with E-state index in [1.54, 1.807) is 12.1 Å². The molecule has 0 atom stereocenters. The summed E-state index contributed by atoms with van der Waals surface area (Å²) in [5.41, 5.74) is 1.16. The summed E-state index contributed by atoms with van der Waals surface area (Å²) in [6.07, 6.45) is 1.18. The van der Waals surface area contributed by atoms with Crippen molar-refractivity contribution in [1.29, 1.82) is 0 Å². The van der Waals surface area contributed by atoms with E-state index in [0.29, 0.717) is 17.5 Å². The smallest absolute Gasteiger partial charge is 0.336 e. The summed E-state index contributed by atoms with van der Waals surface area (Å²) in [6, 6.07) is 4.71. The van der Waals surface area contributed by atoms with Crippen LogP contribution in [-0.2, 0) is 11.3 Å². The standard InChI is InChI=1S/C13H16O4/c1-3-4-12(14)9-5-6-10(8-17-2)11(7-9)13(15)16/h5-7H,3-4,8H2,1-2H3,(H,15,16). The zero-order valence-corrected chi connectivity index (χ0v) is 10.0. The van der Waals surface area contributed by atoms with Crippen LogP contribution in [0.5, 0.6) is 0 Å². The topological polar surface area (TPSA) is 63.6 Å². The van der Waals surface area contributed by atoms with E-state index in [4.69, 9.17) is 9.84 Å². The SMILES string of the molecule is CCCC(=O)c1ccc(COC)c(C(=O)O)c1. The Kier molecular flexibility index (Phi) is 4.84. The number of carboxylic acids is 1. The van der Waals surface area contributed by atoms with E-state index in [0.717, 1.165) is 6.42 Å². The van der Waals surface area contributed by atoms with E-state index in [1.807, 2.05) is 6.92 Å². The summed E-state index contributed by atoms with van der Waals surface area (Å²) in [5, 5.41) is 9.06. The number of ether oxygens (including phenoxy) is 1. The van der Waals surface area contributed by atoms with E-state index in [-0.39, 0.29) is 18.0 Å². The predicted molar refractivity (Wildman–Crippen MR) is 63.4 cm³/mol. The van der Waals surface area contributed by atoms with E-state index >= 15 is 0 Å². The third kappa shape index (κ3) is 3.39. The molecule has 17 heavy (non-hydrogen) atoms. The van der Waals surface area contributed by atoms with Crippen molar-refractivity contribution < 1.29 is 19.4 Å². The fourth-order valence-corrected chi connectivity index (χ4v) is 1.60. The van der Waals surface area contributed by atoms with Gasteiger partial charge in [0.1, 0.15) is 0 Å². The molecule has 0 aromatic heterocycles. The molecule has 92 valence electrons. The van der Waals surface area contributed by atoms with Gasteiger partial charge in [-0.15, -0.1) is 0 Å². The lowest BCUT2D eigenvalue weighted by molar-refractivity contribution is 0.0692. The summed E-state index contributed by atoms with van der Waals surface area (Å²) in [7, 11) is 1.50. The first-order valence-electron chi connectivity index (χ1n) is 5.48. The van der Waals surface area contributed by atoms with Crippen molar-refractivity contribution in [3.63, 3.8) is 0 Å². The second-order valence-corrected chi connectivity index (χ2v) is 3.78. The van der Waals surface area contributed by atoms with Gasteiger partial charge in [-0.3, -0.25) is 4.79 Å². The summed E-state index contributed by atoms with van der Waals surface area (Å²) in [6.45, 7) is 2.14. The first-order valence-corrected chi connectivity index (χ1v) is 5.48. The highest BCUT2D eigenvalue weighted by Crippen LogP contribution is 2.15. The fourth-order valence-electron chi connectivity index (χ4n) is 1.60. The molecule has 0 fully saturated rings. The monoisotopic (exact) mass is 236 g/mol. The number of ketones is 1. The van der Waals surface area contributed by atoms with Crippen molar-refractivity contribution in [2.24, 2.45) is 0 Å². The Bertz CT molecular complexity index is 423. The number of methoxy groups -OCH3 is 1. The lowest BCUT2D eigenvalue weighted by Crippen LogP contribution is -2.07. The molecule has 0 saturated heterocycles. The van der Waals surface area contributed by atoms with Crippen molar-refractivity contribution in [2.45, 2.75) is 26.4 Å². The van der Waals surface area contributed by atoms with E-state index in [1.165, 1.54) is 13.2 Å². The Morgan fingerprint density at radius 3 is 2.59 bits per heavy atom. The maximum atomic E-state index is 11.7. The summed E-state index contributed by atoms with van der Waals surface area (Å²) in [4.78, 5) is 22.7. The number of carbonyl (C=O) groups excluding carboxylic acids is 1. The average Bonchev–Trinajstić information content (AvgIpc) is 2.30. The van der Waals surface area contributed by atoms with Gasteiger partial charge in [0.2, 0.25) is 0 Å². The summed E-state index contributed by atoms with van der Waals surface area (Å²) >= 11 is 0. The van der Waals surface area contributed by atoms with Gasteiger partial charge in [0.25, 0.3) is 0 Å². The number of carbonyl (C=O) groups is 2. The van der Waals surface area contributed by atoms with Crippen LogP contribution >= 0.6 is 0 Å². The molecule has 1 aromatic rings. The van der Waals surface area contributed by atoms with Crippen LogP contribution in [0.4, 0.5) is 0 Å². The summed E-state index contributed by atoms with van der Waals surface area (Å²) in [5.74, 6) is -1.07. The van der Waals surface area contributed by atoms with Gasteiger partial charge < -0.3 is 9.84 Å². The Labute approximate surface area is 100 Å². The van der Waals surface area contributed by atoms with Crippen LogP contribution in [0, 0.1) is 0 Å². The van der Waals surface area contributed by atoms with Crippen LogP contribution in [0.1, 0.15) is 46.0 Å². The number of Topliss-reactive ketones (excluding diaryl/α,β-unsaturated/α-hetero) is 1. The van der Waals surface area contributed by atoms with Crippen LogP contribution in [0.25, 0.3) is 0 Å². The van der Waals surface area contributed by atoms with Gasteiger partial charge in [0, 0.05) is 19.1 Å². The third-order valence-corrected chi connectivity index (χ3v) is 2.44. The largest absolute Gasteiger partial charge is 0.478 e. The average molecular weight is 236 g/mol. The number of carboxylic acid groups (broad SMARTS) is 1. The normalized spacial score (nSPS) is 10.2. The van der Waals surface area contributed by atoms with E-state index < -0.39 is 5.97 Å². The highest BCUT2D eigenvalue weighted by molar-refractivity contribution is 5.99. The van der Waals surface area contributed by atoms with Crippen molar-refractivity contribution in [1.82, 2.24) is 0 Å². The molecule has 0 radical (unpaired) electrons. The second-order valence-electron chi connectivity index (χ2n) is 3.78. The Hall–Kier alpha value is -1.68. The van der Waals surface area contributed by atoms with Crippen molar-refractivity contribution in [2.75, 3.05) is 7.11 Å². The first-order chi connectivity index (χ1) is 8.10. The Balaban J connectivity index is 3.09. The van der Waals surface area contributed by atoms with Crippen molar-refractivity contribution in [3.05, 3.63) is 34.9 Å². The molecule has 0 aliphatic carbocycles. The number of benzene rings is 1. The molecule has 0 bridgehead atoms. The molecule has 4 heteroatoms. The molecule has 0 aliphatic heterocycles. The van der Waals surface area contributed by atoms with Crippen LogP contribution in [-0.4, -0.2) is 24.0 Å². The molecule has 1 aromatic carbocycles. The van der Waals surface area contributed by atoms with Crippen molar-refractivity contribution in [3.8, 4) is 0 Å². The third-order valence-electron chi connectivity index (χ3n) is 2.44. The van der Waals surface area contributed by atoms with Gasteiger partial charge >= 0.3 is 5.97 Å². The van der Waals surface area contributed by atoms with Gasteiger partial charge in [0.15, 0.2) is 5.78 Å². The zero-order chi connectivity index (χ0) is 12.8. The number of hydrogen-bond donors (Lipinski definition) is 1. The zero-order valence-electron chi connectivity index (χ0n) is 10.0. The fraction of sp³-hybridized carbons (Fsp3) is 0.385. The van der Waals surface area contributed by atoms with Gasteiger partial charge in [-0.1, -0.05) is 19.1 Å². The Morgan fingerprint density at radius 2 is 2.06 bits per heavy atom. The molecular weight excluding hydrogens is 220 g/mol. The lowest BCUT2D eigenvalue weighted by atomic mass is 10.00. The Morgan fingerprint density at radius 1 is 1.35 bits per heavy atom. The highest BCUT2D eigenvalue weighted by Gasteiger charge is 2.13. The second kappa shape index (κ2) is 6.15. The minimum absolute atomic E-state index is 0.0287. The van der Waals surface area contributed by atoms with E-state index in [2.05, 4.69) is 0 Å². The lowest BCUT2D eigenvalue weighted by Gasteiger charge is -2.07. The molecular formula is C13H16O4. The van der Waals surface area contributed by atoms with Gasteiger partial charge in [-0.25, -0.2) is 4.79 Å². The van der Waals surface area contributed by atoms with Crippen LogP contribution in [0.3, 0.4) is 0 Å². The van der Waals surface area contributed by atoms with Crippen LogP contribution in [0.15, 0.2) is 18.2 Å². The van der Waals surface area contributed by atoms with Gasteiger partial charge in [-0.2, -0.15) is 0 Å².